The van der Waals surface area contributed by atoms with E-state index < -0.39 is 0 Å². The third-order valence-electron chi connectivity index (χ3n) is 8.05. The zero-order chi connectivity index (χ0) is 28.2. The van der Waals surface area contributed by atoms with E-state index in [2.05, 4.69) is 50.6 Å². The first-order valence-corrected chi connectivity index (χ1v) is 14.4. The van der Waals surface area contributed by atoms with Crippen molar-refractivity contribution in [2.75, 3.05) is 26.8 Å². The lowest BCUT2D eigenvalue weighted by atomic mass is 9.98. The summed E-state index contributed by atoms with van der Waals surface area (Å²) < 4.78 is 11.9. The van der Waals surface area contributed by atoms with E-state index in [0.717, 1.165) is 51.0 Å². The summed E-state index contributed by atoms with van der Waals surface area (Å²) in [6.07, 6.45) is 4.16. The van der Waals surface area contributed by atoms with E-state index in [1.54, 1.807) is 19.2 Å². The van der Waals surface area contributed by atoms with Crippen LogP contribution in [0.1, 0.15) is 58.9 Å². The molecule has 1 aromatic heterocycles. The zero-order valence-electron chi connectivity index (χ0n) is 23.7. The predicted molar refractivity (Wildman–Crippen MR) is 156 cm³/mol. The Labute approximate surface area is 241 Å². The normalized spacial score (nSPS) is 20.6. The number of pyridine rings is 1. The number of rotatable bonds is 9. The lowest BCUT2D eigenvalue weighted by Crippen LogP contribution is -2.46. The molecule has 1 saturated carbocycles. The Hall–Kier alpha value is -4.11. The highest BCUT2D eigenvalue weighted by atomic mass is 16.6. The van der Waals surface area contributed by atoms with E-state index >= 15 is 0 Å². The molecule has 1 N–H and O–H groups in total. The van der Waals surface area contributed by atoms with Crippen LogP contribution in [0.4, 0.5) is 0 Å². The smallest absolute Gasteiger partial charge is 0.327 e. The molecular weight excluding hydrogens is 518 g/mol. The number of hydrogen-bond acceptors (Lipinski definition) is 7. The van der Waals surface area contributed by atoms with Crippen LogP contribution in [-0.4, -0.2) is 65.6 Å². The summed E-state index contributed by atoms with van der Waals surface area (Å²) in [6.45, 7) is 5.39. The lowest BCUT2D eigenvalue weighted by Gasteiger charge is -2.38. The second-order valence-electron chi connectivity index (χ2n) is 11.0. The van der Waals surface area contributed by atoms with Crippen molar-refractivity contribution in [2.24, 2.45) is 5.16 Å². The number of piperidine rings is 1. The van der Waals surface area contributed by atoms with Crippen LogP contribution in [0, 0.1) is 6.92 Å². The molecule has 0 bridgehead atoms. The molecule has 2 saturated heterocycles. The standard InChI is InChI=1S/C32H37N5O4/c1-22-25(10-15-30(33-22)41-28-13-8-24(9-14-28)31(38)34-26-11-12-26)20-36-18-16-27(17-19-36)37-29(21-40-32(37)35-39-2)23-6-4-3-5-7-23/h3-10,13-15,26-27,29H,11-12,16-21H2,1-2H3,(H,34,38)/b35-32+/t29-/m0/s1. The van der Waals surface area contributed by atoms with E-state index in [1.807, 2.05) is 31.2 Å². The van der Waals surface area contributed by atoms with Gasteiger partial charge in [0, 0.05) is 49.0 Å². The SMILES string of the molecule is CO/N=C1/OC[C@@H](c2ccccc2)N1C1CCN(Cc2ccc(Oc3ccc(C(=O)NC4CC4)cc3)nc2C)CC1. The molecule has 0 radical (unpaired) electrons. The topological polar surface area (TPSA) is 88.5 Å². The molecule has 41 heavy (non-hydrogen) atoms. The first-order valence-electron chi connectivity index (χ1n) is 14.4. The fourth-order valence-electron chi connectivity index (χ4n) is 5.61. The van der Waals surface area contributed by atoms with Gasteiger partial charge in [0.1, 0.15) is 19.5 Å². The second-order valence-corrected chi connectivity index (χ2v) is 11.0. The van der Waals surface area contributed by atoms with E-state index in [1.165, 1.54) is 11.1 Å². The maximum Gasteiger partial charge on any atom is 0.327 e. The Morgan fingerprint density at radius 1 is 1.02 bits per heavy atom. The van der Waals surface area contributed by atoms with E-state index in [4.69, 9.17) is 19.3 Å². The monoisotopic (exact) mass is 555 g/mol. The van der Waals surface area contributed by atoms with E-state index in [-0.39, 0.29) is 11.9 Å². The molecule has 6 rings (SSSR count). The number of carbonyl (C=O) groups excluding carboxylic acids is 1. The number of aryl methyl sites for hydroxylation is 1. The van der Waals surface area contributed by atoms with Crippen LogP contribution in [0.3, 0.4) is 0 Å². The fourth-order valence-corrected chi connectivity index (χ4v) is 5.61. The first kappa shape index (κ1) is 27.1. The summed E-state index contributed by atoms with van der Waals surface area (Å²) in [6, 6.07) is 23.1. The molecule has 1 aliphatic carbocycles. The van der Waals surface area contributed by atoms with Crippen LogP contribution >= 0.6 is 0 Å². The Kier molecular flexibility index (Phi) is 8.04. The van der Waals surface area contributed by atoms with Crippen molar-refractivity contribution in [1.29, 1.82) is 0 Å². The third-order valence-corrected chi connectivity index (χ3v) is 8.05. The van der Waals surface area contributed by atoms with Crippen molar-refractivity contribution in [1.82, 2.24) is 20.1 Å². The van der Waals surface area contributed by atoms with E-state index in [0.29, 0.717) is 41.9 Å². The maximum absolute atomic E-state index is 12.2. The molecule has 0 spiro atoms. The highest BCUT2D eigenvalue weighted by Gasteiger charge is 2.39. The highest BCUT2D eigenvalue weighted by molar-refractivity contribution is 5.94. The van der Waals surface area contributed by atoms with E-state index in [9.17, 15) is 4.79 Å². The molecule has 9 nitrogen and oxygen atoms in total. The van der Waals surface area contributed by atoms with Gasteiger partial charge in [0.05, 0.1) is 6.04 Å². The number of ether oxygens (including phenoxy) is 2. The zero-order valence-corrected chi connectivity index (χ0v) is 23.7. The van der Waals surface area contributed by atoms with Gasteiger partial charge in [-0.15, -0.1) is 0 Å². The molecule has 2 aliphatic heterocycles. The number of amides is 1. The summed E-state index contributed by atoms with van der Waals surface area (Å²) in [7, 11) is 1.56. The van der Waals surface area contributed by atoms with Gasteiger partial charge in [-0.1, -0.05) is 36.4 Å². The largest absolute Gasteiger partial charge is 0.460 e. The quantitative estimate of drug-likeness (QED) is 0.371. The van der Waals surface area contributed by atoms with Gasteiger partial charge in [0.2, 0.25) is 5.88 Å². The Bertz CT molecular complexity index is 1370. The van der Waals surface area contributed by atoms with Crippen molar-refractivity contribution >= 4 is 11.9 Å². The number of hydrogen-bond donors (Lipinski definition) is 1. The maximum atomic E-state index is 12.2. The summed E-state index contributed by atoms with van der Waals surface area (Å²) in [5.74, 6) is 1.17. The molecule has 9 heteroatoms. The Morgan fingerprint density at radius 3 is 2.46 bits per heavy atom. The summed E-state index contributed by atoms with van der Waals surface area (Å²) in [4.78, 5) is 26.8. The van der Waals surface area contributed by atoms with Gasteiger partial charge in [-0.2, -0.15) is 0 Å². The van der Waals surface area contributed by atoms with Crippen LogP contribution < -0.4 is 10.1 Å². The number of carbonyl (C=O) groups is 1. The molecule has 3 aliphatic rings. The Morgan fingerprint density at radius 2 is 1.78 bits per heavy atom. The van der Waals surface area contributed by atoms with Gasteiger partial charge in [0.15, 0.2) is 0 Å². The van der Waals surface area contributed by atoms with Crippen LogP contribution in [0.15, 0.2) is 71.9 Å². The predicted octanol–water partition coefficient (Wildman–Crippen LogP) is 5.03. The van der Waals surface area contributed by atoms with Crippen LogP contribution in [-0.2, 0) is 16.1 Å². The van der Waals surface area contributed by atoms with Gasteiger partial charge < -0.3 is 24.5 Å². The van der Waals surface area contributed by atoms with Gasteiger partial charge in [-0.3, -0.25) is 9.69 Å². The average Bonchev–Trinajstić information content (AvgIpc) is 3.72. The van der Waals surface area contributed by atoms with Gasteiger partial charge in [-0.25, -0.2) is 4.98 Å². The van der Waals surface area contributed by atoms with Gasteiger partial charge in [-0.05, 0) is 73.2 Å². The molecule has 3 aromatic rings. The van der Waals surface area contributed by atoms with Gasteiger partial charge in [0.25, 0.3) is 5.91 Å². The molecule has 0 unspecified atom stereocenters. The number of benzene rings is 2. The minimum Gasteiger partial charge on any atom is -0.460 e. The number of aromatic nitrogens is 1. The summed E-state index contributed by atoms with van der Waals surface area (Å²) >= 11 is 0. The molecule has 3 fully saturated rings. The number of likely N-dealkylation sites (tertiary alicyclic amines) is 1. The lowest BCUT2D eigenvalue weighted by molar-refractivity contribution is 0.0951. The molecule has 3 heterocycles. The molecule has 1 atom stereocenters. The number of oxime groups is 1. The molecular formula is C32H37N5O4. The molecule has 214 valence electrons. The first-order chi connectivity index (χ1) is 20.1. The third kappa shape index (κ3) is 6.46. The van der Waals surface area contributed by atoms with Crippen LogP contribution in [0.2, 0.25) is 0 Å². The van der Waals surface area contributed by atoms with Crippen LogP contribution in [0.25, 0.3) is 0 Å². The van der Waals surface area contributed by atoms with Gasteiger partial charge >= 0.3 is 6.02 Å². The number of nitrogens with zero attached hydrogens (tertiary/aromatic N) is 4. The van der Waals surface area contributed by atoms with Crippen molar-refractivity contribution in [3.8, 4) is 11.6 Å². The minimum absolute atomic E-state index is 0.0327. The Balaban J connectivity index is 1.04. The van der Waals surface area contributed by atoms with Crippen LogP contribution in [0.5, 0.6) is 11.6 Å². The average molecular weight is 556 g/mol. The second kappa shape index (κ2) is 12.2. The van der Waals surface area contributed by atoms with Crippen molar-refractivity contribution in [3.05, 3.63) is 89.1 Å². The summed E-state index contributed by atoms with van der Waals surface area (Å²) in [5.41, 5.74) is 4.02. The molecule has 1 amide bonds. The van der Waals surface area contributed by atoms with Crippen molar-refractivity contribution < 1.29 is 19.1 Å². The fraction of sp³-hybridized carbons (Fsp3) is 0.406. The number of nitrogens with one attached hydrogen (secondary N) is 1. The number of amidine groups is 1. The van der Waals surface area contributed by atoms with Crippen molar-refractivity contribution in [2.45, 2.75) is 57.3 Å². The minimum atomic E-state index is -0.0327. The molecule has 2 aromatic carbocycles. The van der Waals surface area contributed by atoms with Crippen molar-refractivity contribution in [3.63, 3.8) is 0 Å². The highest BCUT2D eigenvalue weighted by Crippen LogP contribution is 2.34. The summed E-state index contributed by atoms with van der Waals surface area (Å²) in [5, 5.41) is 7.19.